The van der Waals surface area contributed by atoms with E-state index < -0.39 is 11.9 Å². The monoisotopic (exact) mass is 507 g/mol. The first kappa shape index (κ1) is 25.0. The molecule has 2 heterocycles. The van der Waals surface area contributed by atoms with Gasteiger partial charge in [-0.15, -0.1) is 11.3 Å². The Morgan fingerprint density at radius 1 is 1.06 bits per heavy atom. The summed E-state index contributed by atoms with van der Waals surface area (Å²) in [6.45, 7) is 7.27. The number of benzene rings is 2. The Morgan fingerprint density at radius 3 is 2.61 bits per heavy atom. The third-order valence-corrected chi connectivity index (χ3v) is 6.54. The van der Waals surface area contributed by atoms with Crippen molar-refractivity contribution in [3.63, 3.8) is 0 Å². The SMILES string of the molecule is CCOC(=O)c1c(NC(=O)COc2ccc3c(=O)c(Oc4cccc(C)c4)coc3c2)sc(C)c1C. The molecule has 36 heavy (non-hydrogen) atoms. The van der Waals surface area contributed by atoms with Gasteiger partial charge in [-0.2, -0.15) is 0 Å². The van der Waals surface area contributed by atoms with Crippen molar-refractivity contribution in [1.29, 1.82) is 0 Å². The highest BCUT2D eigenvalue weighted by molar-refractivity contribution is 7.16. The van der Waals surface area contributed by atoms with E-state index in [1.807, 2.05) is 39.0 Å². The van der Waals surface area contributed by atoms with Crippen molar-refractivity contribution < 1.29 is 28.2 Å². The van der Waals surface area contributed by atoms with E-state index in [0.29, 0.717) is 33.0 Å². The van der Waals surface area contributed by atoms with Crippen LogP contribution in [0.4, 0.5) is 5.00 Å². The number of carbonyl (C=O) groups is 2. The molecule has 0 bridgehead atoms. The van der Waals surface area contributed by atoms with Crippen molar-refractivity contribution in [3.8, 4) is 17.2 Å². The van der Waals surface area contributed by atoms with Crippen LogP contribution in [0.5, 0.6) is 17.2 Å². The van der Waals surface area contributed by atoms with Crippen LogP contribution < -0.4 is 20.2 Å². The summed E-state index contributed by atoms with van der Waals surface area (Å²) >= 11 is 1.30. The van der Waals surface area contributed by atoms with Crippen LogP contribution in [0.15, 0.2) is 57.9 Å². The molecule has 8 nitrogen and oxygen atoms in total. The van der Waals surface area contributed by atoms with Crippen molar-refractivity contribution in [2.24, 2.45) is 0 Å². The van der Waals surface area contributed by atoms with Gasteiger partial charge in [0, 0.05) is 10.9 Å². The fourth-order valence-electron chi connectivity index (χ4n) is 3.53. The smallest absolute Gasteiger partial charge is 0.341 e. The Bertz CT molecular complexity index is 1500. The van der Waals surface area contributed by atoms with Crippen LogP contribution in [0.1, 0.15) is 33.3 Å². The molecule has 0 aliphatic carbocycles. The van der Waals surface area contributed by atoms with Gasteiger partial charge in [0.2, 0.25) is 11.2 Å². The summed E-state index contributed by atoms with van der Waals surface area (Å²) in [5, 5.41) is 3.47. The lowest BCUT2D eigenvalue weighted by Crippen LogP contribution is -2.21. The number of carbonyl (C=O) groups excluding carboxylic acids is 2. The third kappa shape index (κ3) is 5.41. The van der Waals surface area contributed by atoms with Gasteiger partial charge in [0.1, 0.15) is 28.3 Å². The van der Waals surface area contributed by atoms with Crippen LogP contribution in [0.25, 0.3) is 11.0 Å². The Labute approximate surface area is 211 Å². The molecule has 9 heteroatoms. The highest BCUT2D eigenvalue weighted by atomic mass is 32.1. The molecule has 1 N–H and O–H groups in total. The van der Waals surface area contributed by atoms with Crippen molar-refractivity contribution in [2.45, 2.75) is 27.7 Å². The zero-order chi connectivity index (χ0) is 25.8. The molecular weight excluding hydrogens is 482 g/mol. The number of esters is 1. The first-order valence-electron chi connectivity index (χ1n) is 11.3. The lowest BCUT2D eigenvalue weighted by atomic mass is 10.1. The minimum absolute atomic E-state index is 0.0695. The summed E-state index contributed by atoms with van der Waals surface area (Å²) in [4.78, 5) is 38.6. The molecule has 4 rings (SSSR count). The molecule has 0 unspecified atom stereocenters. The molecule has 0 saturated heterocycles. The van der Waals surface area contributed by atoms with Gasteiger partial charge < -0.3 is 23.9 Å². The first-order valence-corrected chi connectivity index (χ1v) is 12.1. The van der Waals surface area contributed by atoms with Crippen LogP contribution in [-0.2, 0) is 9.53 Å². The summed E-state index contributed by atoms with van der Waals surface area (Å²) in [5.41, 5.74) is 2.10. The van der Waals surface area contributed by atoms with Crippen LogP contribution in [0, 0.1) is 20.8 Å². The first-order chi connectivity index (χ1) is 17.3. The minimum Gasteiger partial charge on any atom is -0.484 e. The van der Waals surface area contributed by atoms with Gasteiger partial charge in [-0.25, -0.2) is 4.79 Å². The van der Waals surface area contributed by atoms with E-state index in [1.165, 1.54) is 23.7 Å². The Morgan fingerprint density at radius 2 is 1.86 bits per heavy atom. The topological polar surface area (TPSA) is 104 Å². The van der Waals surface area contributed by atoms with Gasteiger partial charge in [-0.05, 0) is 63.1 Å². The van der Waals surface area contributed by atoms with Gasteiger partial charge in [0.25, 0.3) is 5.91 Å². The molecule has 2 aromatic carbocycles. The Balaban J connectivity index is 1.45. The quantitative estimate of drug-likeness (QED) is 0.302. The minimum atomic E-state index is -0.481. The molecule has 1 amide bonds. The lowest BCUT2D eigenvalue weighted by Gasteiger charge is -2.09. The number of hydrogen-bond donors (Lipinski definition) is 1. The summed E-state index contributed by atoms with van der Waals surface area (Å²) in [7, 11) is 0. The van der Waals surface area contributed by atoms with Crippen LogP contribution in [-0.4, -0.2) is 25.1 Å². The second-order valence-corrected chi connectivity index (χ2v) is 9.28. The van der Waals surface area contributed by atoms with Gasteiger partial charge >= 0.3 is 5.97 Å². The van der Waals surface area contributed by atoms with E-state index in [0.717, 1.165) is 16.0 Å². The van der Waals surface area contributed by atoms with E-state index >= 15 is 0 Å². The number of aryl methyl sites for hydroxylation is 2. The second kappa shape index (κ2) is 10.7. The van der Waals surface area contributed by atoms with E-state index in [9.17, 15) is 14.4 Å². The van der Waals surface area contributed by atoms with Gasteiger partial charge in [0.05, 0.1) is 17.6 Å². The van der Waals surface area contributed by atoms with Gasteiger partial charge in [-0.1, -0.05) is 12.1 Å². The van der Waals surface area contributed by atoms with E-state index in [-0.39, 0.29) is 24.4 Å². The zero-order valence-electron chi connectivity index (χ0n) is 20.3. The van der Waals surface area contributed by atoms with E-state index in [2.05, 4.69) is 5.32 Å². The van der Waals surface area contributed by atoms with Crippen molar-refractivity contribution in [1.82, 2.24) is 0 Å². The second-order valence-electron chi connectivity index (χ2n) is 8.05. The highest BCUT2D eigenvalue weighted by Gasteiger charge is 2.22. The molecule has 0 radical (unpaired) electrons. The molecule has 0 fully saturated rings. The van der Waals surface area contributed by atoms with E-state index in [1.54, 1.807) is 25.1 Å². The number of hydrogen-bond acceptors (Lipinski definition) is 8. The molecule has 0 atom stereocenters. The highest BCUT2D eigenvalue weighted by Crippen LogP contribution is 2.33. The Hall–Kier alpha value is -4.11. The molecule has 0 aliphatic rings. The molecule has 0 aliphatic heterocycles. The summed E-state index contributed by atoms with van der Waals surface area (Å²) in [5.74, 6) is 0.0309. The standard InChI is InChI=1S/C27H25NO7S/c1-5-32-27(31)24-16(3)17(4)36-26(24)28-23(29)14-33-18-9-10-20-21(12-18)34-13-22(25(20)30)35-19-8-6-7-15(2)11-19/h6-13H,5,14H2,1-4H3,(H,28,29). The summed E-state index contributed by atoms with van der Waals surface area (Å²) in [6, 6.07) is 12.0. The maximum atomic E-state index is 12.8. The number of fused-ring (bicyclic) bond motifs is 1. The van der Waals surface area contributed by atoms with Crippen molar-refractivity contribution >= 4 is 39.2 Å². The van der Waals surface area contributed by atoms with Crippen molar-refractivity contribution in [2.75, 3.05) is 18.5 Å². The third-order valence-electron chi connectivity index (χ3n) is 5.42. The molecule has 186 valence electrons. The lowest BCUT2D eigenvalue weighted by molar-refractivity contribution is -0.118. The maximum Gasteiger partial charge on any atom is 0.341 e. The number of amides is 1. The average Bonchev–Trinajstić information content (AvgIpc) is 3.12. The molecule has 0 saturated carbocycles. The molecular formula is C27H25NO7S. The average molecular weight is 508 g/mol. The number of anilines is 1. The number of rotatable bonds is 8. The number of nitrogens with one attached hydrogen (secondary N) is 1. The molecule has 4 aromatic rings. The fourth-order valence-corrected chi connectivity index (χ4v) is 4.60. The molecule has 2 aromatic heterocycles. The van der Waals surface area contributed by atoms with Crippen LogP contribution in [0.2, 0.25) is 0 Å². The predicted octanol–water partition coefficient (Wildman–Crippen LogP) is 5.77. The fraction of sp³-hybridized carbons (Fsp3) is 0.222. The van der Waals surface area contributed by atoms with Gasteiger partial charge in [-0.3, -0.25) is 9.59 Å². The van der Waals surface area contributed by atoms with Crippen LogP contribution >= 0.6 is 11.3 Å². The largest absolute Gasteiger partial charge is 0.484 e. The summed E-state index contributed by atoms with van der Waals surface area (Å²) in [6.07, 6.45) is 1.25. The van der Waals surface area contributed by atoms with Gasteiger partial charge in [0.15, 0.2) is 6.61 Å². The predicted molar refractivity (Wildman–Crippen MR) is 138 cm³/mol. The molecule has 0 spiro atoms. The van der Waals surface area contributed by atoms with Crippen LogP contribution in [0.3, 0.4) is 0 Å². The number of thiophene rings is 1. The Kier molecular flexibility index (Phi) is 7.40. The number of ether oxygens (including phenoxy) is 3. The summed E-state index contributed by atoms with van der Waals surface area (Å²) < 4.78 is 22.0. The zero-order valence-corrected chi connectivity index (χ0v) is 21.1. The normalized spacial score (nSPS) is 10.8. The van der Waals surface area contributed by atoms with E-state index in [4.69, 9.17) is 18.6 Å². The maximum absolute atomic E-state index is 12.8. The van der Waals surface area contributed by atoms with Crippen molar-refractivity contribution in [3.05, 3.63) is 80.5 Å².